The molecule has 2 fully saturated rings. The van der Waals surface area contributed by atoms with Gasteiger partial charge in [0.05, 0.1) is 23.7 Å². The number of carbonyl (C=O) groups excluding carboxylic acids is 1. The summed E-state index contributed by atoms with van der Waals surface area (Å²) in [5.41, 5.74) is 1.69. The third kappa shape index (κ3) is 3.25. The zero-order valence-electron chi connectivity index (χ0n) is 14.4. The minimum atomic E-state index is -3.19. The van der Waals surface area contributed by atoms with Gasteiger partial charge in [-0.1, -0.05) is 12.1 Å². The first-order valence-electron chi connectivity index (χ1n) is 8.59. The molecule has 1 aromatic carbocycles. The first kappa shape index (κ1) is 17.2. The van der Waals surface area contributed by atoms with Gasteiger partial charge in [0.25, 0.3) is 0 Å². The van der Waals surface area contributed by atoms with E-state index in [2.05, 4.69) is 5.10 Å². The highest BCUT2D eigenvalue weighted by atomic mass is 32.2. The van der Waals surface area contributed by atoms with Gasteiger partial charge < -0.3 is 4.90 Å². The number of sulfone groups is 1. The van der Waals surface area contributed by atoms with Crippen LogP contribution in [-0.4, -0.2) is 47.1 Å². The van der Waals surface area contributed by atoms with E-state index >= 15 is 0 Å². The molecule has 138 valence electrons. The van der Waals surface area contributed by atoms with Crippen molar-refractivity contribution in [3.63, 3.8) is 0 Å². The smallest absolute Gasteiger partial charge is 0.226 e. The van der Waals surface area contributed by atoms with E-state index in [1.54, 1.807) is 41.2 Å². The van der Waals surface area contributed by atoms with Crippen molar-refractivity contribution in [2.75, 3.05) is 18.1 Å². The van der Waals surface area contributed by atoms with Crippen molar-refractivity contribution < 1.29 is 17.6 Å². The lowest BCUT2D eigenvalue weighted by atomic mass is 10.1. The Labute approximate surface area is 151 Å². The molecule has 1 aromatic heterocycles. The second-order valence-corrected chi connectivity index (χ2v) is 9.34. The quantitative estimate of drug-likeness (QED) is 0.816. The summed E-state index contributed by atoms with van der Waals surface area (Å²) >= 11 is 0. The Morgan fingerprint density at radius 3 is 2.62 bits per heavy atom. The molecule has 0 N–H and O–H groups in total. The number of hydrogen-bond acceptors (Lipinski definition) is 4. The molecule has 1 saturated heterocycles. The molecule has 0 bridgehead atoms. The maximum absolute atomic E-state index is 13.1. The third-order valence-electron chi connectivity index (χ3n) is 5.23. The van der Waals surface area contributed by atoms with Crippen LogP contribution in [0, 0.1) is 11.7 Å². The van der Waals surface area contributed by atoms with E-state index in [0.29, 0.717) is 6.42 Å². The summed E-state index contributed by atoms with van der Waals surface area (Å²) in [6.45, 7) is 0.202. The summed E-state index contributed by atoms with van der Waals surface area (Å²) in [7, 11) is -1.42. The number of rotatable bonds is 3. The van der Waals surface area contributed by atoms with Crippen LogP contribution < -0.4 is 0 Å². The molecule has 6 nitrogen and oxygen atoms in total. The molecule has 1 aliphatic carbocycles. The molecular weight excluding hydrogens is 357 g/mol. The fourth-order valence-corrected chi connectivity index (χ4v) is 5.21. The number of amides is 1. The van der Waals surface area contributed by atoms with E-state index < -0.39 is 15.9 Å². The normalized spacial score (nSPS) is 27.3. The Kier molecular flexibility index (Phi) is 4.10. The van der Waals surface area contributed by atoms with E-state index in [1.807, 2.05) is 0 Å². The van der Waals surface area contributed by atoms with Crippen LogP contribution in [0.3, 0.4) is 0 Å². The highest BCUT2D eigenvalue weighted by Crippen LogP contribution is 2.49. The molecular formula is C18H20FN3O3S. The van der Waals surface area contributed by atoms with Crippen LogP contribution in [0.4, 0.5) is 4.39 Å². The standard InChI is InChI=1S/C18H20FN3O3S/c1-21-10-13(9-20-21)17-11-26(24,25)7-6-22(17)18(23)16-8-15(16)12-2-4-14(19)5-3-12/h2-5,9-10,15-17H,6-8,11H2,1H3/t15-,16-,17-/m0/s1. The third-order valence-corrected chi connectivity index (χ3v) is 6.86. The zero-order valence-corrected chi connectivity index (χ0v) is 15.2. The lowest BCUT2D eigenvalue weighted by Crippen LogP contribution is -2.46. The Morgan fingerprint density at radius 1 is 1.23 bits per heavy atom. The first-order chi connectivity index (χ1) is 12.3. The molecule has 3 atom stereocenters. The molecule has 1 saturated carbocycles. The van der Waals surface area contributed by atoms with Gasteiger partial charge in [-0.2, -0.15) is 5.10 Å². The number of hydrogen-bond donors (Lipinski definition) is 0. The summed E-state index contributed by atoms with van der Waals surface area (Å²) in [5, 5.41) is 4.11. The SMILES string of the molecule is Cn1cc([C@@H]2CS(=O)(=O)CCN2C(=O)[C@H]2C[C@H]2c2ccc(F)cc2)cn1. The van der Waals surface area contributed by atoms with E-state index in [4.69, 9.17) is 0 Å². The van der Waals surface area contributed by atoms with Crippen LogP contribution in [0.5, 0.6) is 0 Å². The summed E-state index contributed by atoms with van der Waals surface area (Å²) in [4.78, 5) is 14.7. The van der Waals surface area contributed by atoms with Gasteiger partial charge >= 0.3 is 0 Å². The van der Waals surface area contributed by atoms with E-state index in [1.165, 1.54) is 12.1 Å². The van der Waals surface area contributed by atoms with Crippen molar-refractivity contribution in [3.8, 4) is 0 Å². The van der Waals surface area contributed by atoms with Gasteiger partial charge in [-0.3, -0.25) is 9.48 Å². The average molecular weight is 377 g/mol. The Morgan fingerprint density at radius 2 is 1.96 bits per heavy atom. The van der Waals surface area contributed by atoms with Crippen LogP contribution >= 0.6 is 0 Å². The van der Waals surface area contributed by atoms with Crippen LogP contribution in [-0.2, 0) is 21.7 Å². The zero-order chi connectivity index (χ0) is 18.5. The Hall–Kier alpha value is -2.22. The van der Waals surface area contributed by atoms with Gasteiger partial charge in [0, 0.05) is 31.3 Å². The molecule has 2 aliphatic rings. The lowest BCUT2D eigenvalue weighted by molar-refractivity contribution is -0.134. The lowest BCUT2D eigenvalue weighted by Gasteiger charge is -2.35. The fourth-order valence-electron chi connectivity index (χ4n) is 3.72. The van der Waals surface area contributed by atoms with Gasteiger partial charge in [0.1, 0.15) is 5.82 Å². The second kappa shape index (κ2) is 6.19. The number of carbonyl (C=O) groups is 1. The molecule has 2 heterocycles. The number of nitrogens with zero attached hydrogens (tertiary/aromatic N) is 3. The summed E-state index contributed by atoms with van der Waals surface area (Å²) < 4.78 is 38.9. The molecule has 4 rings (SSSR count). The number of benzene rings is 1. The number of halogens is 1. The van der Waals surface area contributed by atoms with Gasteiger partial charge in [-0.15, -0.1) is 0 Å². The molecule has 0 spiro atoms. The molecule has 0 radical (unpaired) electrons. The van der Waals surface area contributed by atoms with Crippen molar-refractivity contribution in [1.82, 2.24) is 14.7 Å². The predicted molar refractivity (Wildman–Crippen MR) is 93.6 cm³/mol. The van der Waals surface area contributed by atoms with Crippen LogP contribution in [0.1, 0.15) is 29.5 Å². The summed E-state index contributed by atoms with van der Waals surface area (Å²) in [6.07, 6.45) is 4.10. The predicted octanol–water partition coefficient (Wildman–Crippen LogP) is 1.66. The van der Waals surface area contributed by atoms with Gasteiger partial charge in [-0.25, -0.2) is 12.8 Å². The monoisotopic (exact) mass is 377 g/mol. The maximum Gasteiger partial charge on any atom is 0.226 e. The van der Waals surface area contributed by atoms with Crippen molar-refractivity contribution in [3.05, 3.63) is 53.6 Å². The largest absolute Gasteiger partial charge is 0.333 e. The second-order valence-electron chi connectivity index (χ2n) is 7.11. The van der Waals surface area contributed by atoms with E-state index in [0.717, 1.165) is 11.1 Å². The molecule has 0 unspecified atom stereocenters. The number of aryl methyl sites for hydroxylation is 1. The highest BCUT2D eigenvalue weighted by molar-refractivity contribution is 7.91. The maximum atomic E-state index is 13.1. The molecule has 1 amide bonds. The van der Waals surface area contributed by atoms with Gasteiger partial charge in [-0.05, 0) is 30.0 Å². The molecule has 1 aliphatic heterocycles. The van der Waals surface area contributed by atoms with E-state index in [-0.39, 0.29) is 41.6 Å². The molecule has 26 heavy (non-hydrogen) atoms. The van der Waals surface area contributed by atoms with Crippen LogP contribution in [0.25, 0.3) is 0 Å². The van der Waals surface area contributed by atoms with Crippen LogP contribution in [0.2, 0.25) is 0 Å². The highest BCUT2D eigenvalue weighted by Gasteiger charge is 2.48. The Bertz CT molecular complexity index is 939. The minimum Gasteiger partial charge on any atom is -0.333 e. The summed E-state index contributed by atoms with van der Waals surface area (Å²) in [6, 6.07) is 5.74. The average Bonchev–Trinajstić information content (AvgIpc) is 3.28. The minimum absolute atomic E-state index is 0.0105. The van der Waals surface area contributed by atoms with Gasteiger partial charge in [0.2, 0.25) is 5.91 Å². The topological polar surface area (TPSA) is 72.3 Å². The Balaban J connectivity index is 1.55. The summed E-state index contributed by atoms with van der Waals surface area (Å²) in [5.74, 6) is -0.489. The van der Waals surface area contributed by atoms with E-state index in [9.17, 15) is 17.6 Å². The van der Waals surface area contributed by atoms with Gasteiger partial charge in [0.15, 0.2) is 9.84 Å². The fraction of sp³-hybridized carbons (Fsp3) is 0.444. The first-order valence-corrected chi connectivity index (χ1v) is 10.4. The van der Waals surface area contributed by atoms with Crippen molar-refractivity contribution in [2.45, 2.75) is 18.4 Å². The van der Waals surface area contributed by atoms with Crippen molar-refractivity contribution in [2.24, 2.45) is 13.0 Å². The van der Waals surface area contributed by atoms with Crippen molar-refractivity contribution >= 4 is 15.7 Å². The molecule has 8 heteroatoms. The number of aromatic nitrogens is 2. The van der Waals surface area contributed by atoms with Crippen LogP contribution in [0.15, 0.2) is 36.7 Å². The van der Waals surface area contributed by atoms with Crippen molar-refractivity contribution in [1.29, 1.82) is 0 Å². The molecule has 2 aromatic rings.